The van der Waals surface area contributed by atoms with E-state index in [4.69, 9.17) is 9.63 Å². The standard InChI is InChI=1S/C14H19N3O3/c1-10(18)9-15-6-7-16-14(19)8-12-11-4-2-3-5-13(11)20-17-12/h2-5,10,15,18H,6-9H2,1H3,(H,16,19). The maximum absolute atomic E-state index is 11.8. The lowest BCUT2D eigenvalue weighted by Crippen LogP contribution is -2.35. The van der Waals surface area contributed by atoms with Gasteiger partial charge in [-0.05, 0) is 19.1 Å². The van der Waals surface area contributed by atoms with Gasteiger partial charge in [0.15, 0.2) is 5.58 Å². The Hall–Kier alpha value is -1.92. The Balaban J connectivity index is 1.77. The number of aliphatic hydroxyl groups is 1. The van der Waals surface area contributed by atoms with E-state index in [1.54, 1.807) is 6.92 Å². The van der Waals surface area contributed by atoms with Crippen molar-refractivity contribution in [3.8, 4) is 0 Å². The fourth-order valence-electron chi connectivity index (χ4n) is 1.88. The maximum Gasteiger partial charge on any atom is 0.226 e. The van der Waals surface area contributed by atoms with E-state index in [0.717, 1.165) is 5.39 Å². The van der Waals surface area contributed by atoms with Crippen LogP contribution in [-0.4, -0.2) is 41.9 Å². The molecule has 2 rings (SSSR count). The molecule has 1 heterocycles. The predicted octanol–water partition coefficient (Wildman–Crippen LogP) is 0.457. The number of carbonyl (C=O) groups excluding carboxylic acids is 1. The van der Waals surface area contributed by atoms with Crippen molar-refractivity contribution in [1.29, 1.82) is 0 Å². The summed E-state index contributed by atoms with van der Waals surface area (Å²) in [5, 5.41) is 19.7. The molecular weight excluding hydrogens is 258 g/mol. The molecule has 0 saturated carbocycles. The van der Waals surface area contributed by atoms with Gasteiger partial charge in [-0.2, -0.15) is 0 Å². The molecule has 0 saturated heterocycles. The molecule has 1 aromatic heterocycles. The molecule has 6 heteroatoms. The fourth-order valence-corrected chi connectivity index (χ4v) is 1.88. The molecule has 1 amide bonds. The van der Waals surface area contributed by atoms with Crippen LogP contribution in [0.5, 0.6) is 0 Å². The average molecular weight is 277 g/mol. The number of rotatable bonds is 7. The number of amides is 1. The zero-order valence-corrected chi connectivity index (χ0v) is 11.4. The van der Waals surface area contributed by atoms with Gasteiger partial charge in [-0.3, -0.25) is 4.79 Å². The molecule has 1 unspecified atom stereocenters. The molecular formula is C14H19N3O3. The quantitative estimate of drug-likeness (QED) is 0.640. The second kappa shape index (κ2) is 7.02. The van der Waals surface area contributed by atoms with Crippen LogP contribution in [0.25, 0.3) is 11.0 Å². The number of nitrogens with one attached hydrogen (secondary N) is 2. The van der Waals surface area contributed by atoms with Gasteiger partial charge in [0.1, 0.15) is 5.69 Å². The first kappa shape index (κ1) is 14.5. The SMILES string of the molecule is CC(O)CNCCNC(=O)Cc1noc2ccccc12. The van der Waals surface area contributed by atoms with E-state index < -0.39 is 0 Å². The molecule has 1 aromatic carbocycles. The Labute approximate surface area is 117 Å². The van der Waals surface area contributed by atoms with Gasteiger partial charge in [-0.25, -0.2) is 0 Å². The normalized spacial score (nSPS) is 12.5. The Morgan fingerprint density at radius 3 is 3.00 bits per heavy atom. The van der Waals surface area contributed by atoms with Crippen LogP contribution >= 0.6 is 0 Å². The molecule has 6 nitrogen and oxygen atoms in total. The average Bonchev–Trinajstić information content (AvgIpc) is 2.81. The molecule has 1 atom stereocenters. The molecule has 0 aliphatic heterocycles. The van der Waals surface area contributed by atoms with Gasteiger partial charge >= 0.3 is 0 Å². The van der Waals surface area contributed by atoms with Crippen molar-refractivity contribution < 1.29 is 14.4 Å². The first-order valence-electron chi connectivity index (χ1n) is 6.65. The van der Waals surface area contributed by atoms with Gasteiger partial charge in [-0.1, -0.05) is 17.3 Å². The lowest BCUT2D eigenvalue weighted by Gasteiger charge is -2.07. The van der Waals surface area contributed by atoms with E-state index in [1.807, 2.05) is 24.3 Å². The Kier molecular flexibility index (Phi) is 5.09. The summed E-state index contributed by atoms with van der Waals surface area (Å²) >= 11 is 0. The third-order valence-electron chi connectivity index (χ3n) is 2.84. The van der Waals surface area contributed by atoms with E-state index in [2.05, 4.69) is 15.8 Å². The highest BCUT2D eigenvalue weighted by Crippen LogP contribution is 2.17. The number of fused-ring (bicyclic) bond motifs is 1. The molecule has 2 aromatic rings. The zero-order chi connectivity index (χ0) is 14.4. The highest BCUT2D eigenvalue weighted by molar-refractivity contribution is 5.86. The molecule has 0 fully saturated rings. The maximum atomic E-state index is 11.8. The summed E-state index contributed by atoms with van der Waals surface area (Å²) in [4.78, 5) is 11.8. The predicted molar refractivity (Wildman–Crippen MR) is 75.3 cm³/mol. The number of hydrogen-bond acceptors (Lipinski definition) is 5. The Bertz CT molecular complexity index is 566. The number of para-hydroxylation sites is 1. The number of hydrogen-bond donors (Lipinski definition) is 3. The number of carbonyl (C=O) groups is 1. The second-order valence-corrected chi connectivity index (χ2v) is 4.71. The van der Waals surface area contributed by atoms with Crippen LogP contribution in [0.3, 0.4) is 0 Å². The molecule has 0 radical (unpaired) electrons. The van der Waals surface area contributed by atoms with Gasteiger partial charge in [0, 0.05) is 25.0 Å². The lowest BCUT2D eigenvalue weighted by molar-refractivity contribution is -0.120. The summed E-state index contributed by atoms with van der Waals surface area (Å²) < 4.78 is 5.15. The molecule has 0 aliphatic carbocycles. The summed E-state index contributed by atoms with van der Waals surface area (Å²) in [5.74, 6) is -0.0945. The summed E-state index contributed by atoms with van der Waals surface area (Å²) in [5.41, 5.74) is 1.34. The van der Waals surface area contributed by atoms with Gasteiger partial charge in [0.05, 0.1) is 12.5 Å². The van der Waals surface area contributed by atoms with E-state index in [-0.39, 0.29) is 18.4 Å². The minimum absolute atomic E-state index is 0.0945. The van der Waals surface area contributed by atoms with Crippen LogP contribution in [0.15, 0.2) is 28.8 Å². The van der Waals surface area contributed by atoms with Crippen LogP contribution in [-0.2, 0) is 11.2 Å². The molecule has 0 aliphatic rings. The number of nitrogens with zero attached hydrogens (tertiary/aromatic N) is 1. The molecule has 3 N–H and O–H groups in total. The third-order valence-corrected chi connectivity index (χ3v) is 2.84. The van der Waals surface area contributed by atoms with Crippen molar-refractivity contribution in [3.63, 3.8) is 0 Å². The van der Waals surface area contributed by atoms with Crippen LogP contribution in [0.2, 0.25) is 0 Å². The monoisotopic (exact) mass is 277 g/mol. The van der Waals surface area contributed by atoms with Crippen molar-refractivity contribution in [2.24, 2.45) is 0 Å². The number of aliphatic hydroxyl groups excluding tert-OH is 1. The highest BCUT2D eigenvalue weighted by atomic mass is 16.5. The molecule has 108 valence electrons. The largest absolute Gasteiger partial charge is 0.392 e. The molecule has 0 bridgehead atoms. The van der Waals surface area contributed by atoms with Gasteiger partial charge in [-0.15, -0.1) is 0 Å². The first-order chi connectivity index (χ1) is 9.66. The third kappa shape index (κ3) is 4.04. The van der Waals surface area contributed by atoms with Crippen molar-refractivity contribution in [2.75, 3.05) is 19.6 Å². The van der Waals surface area contributed by atoms with Crippen molar-refractivity contribution in [2.45, 2.75) is 19.4 Å². The summed E-state index contributed by atoms with van der Waals surface area (Å²) in [6, 6.07) is 7.47. The van der Waals surface area contributed by atoms with Crippen LogP contribution < -0.4 is 10.6 Å². The molecule has 0 spiro atoms. The first-order valence-corrected chi connectivity index (χ1v) is 6.65. The minimum atomic E-state index is -0.382. The van der Waals surface area contributed by atoms with Gasteiger partial charge in [0.25, 0.3) is 0 Å². The van der Waals surface area contributed by atoms with E-state index >= 15 is 0 Å². The van der Waals surface area contributed by atoms with Gasteiger partial charge < -0.3 is 20.3 Å². The summed E-state index contributed by atoms with van der Waals surface area (Å²) in [7, 11) is 0. The number of aromatic nitrogens is 1. The smallest absolute Gasteiger partial charge is 0.226 e. The van der Waals surface area contributed by atoms with Crippen LogP contribution in [0, 0.1) is 0 Å². The van der Waals surface area contributed by atoms with E-state index in [1.165, 1.54) is 0 Å². The summed E-state index contributed by atoms with van der Waals surface area (Å²) in [6.45, 7) is 3.36. The number of benzene rings is 1. The van der Waals surface area contributed by atoms with Crippen molar-refractivity contribution >= 4 is 16.9 Å². The van der Waals surface area contributed by atoms with Crippen LogP contribution in [0.4, 0.5) is 0 Å². The van der Waals surface area contributed by atoms with Crippen molar-refractivity contribution in [1.82, 2.24) is 15.8 Å². The fraction of sp³-hybridized carbons (Fsp3) is 0.429. The summed E-state index contributed by atoms with van der Waals surface area (Å²) in [6.07, 6.45) is -0.180. The zero-order valence-electron chi connectivity index (χ0n) is 11.4. The van der Waals surface area contributed by atoms with Crippen molar-refractivity contribution in [3.05, 3.63) is 30.0 Å². The second-order valence-electron chi connectivity index (χ2n) is 4.71. The Morgan fingerprint density at radius 2 is 2.20 bits per heavy atom. The Morgan fingerprint density at radius 1 is 1.40 bits per heavy atom. The topological polar surface area (TPSA) is 87.4 Å². The minimum Gasteiger partial charge on any atom is -0.392 e. The van der Waals surface area contributed by atoms with E-state index in [9.17, 15) is 4.79 Å². The van der Waals surface area contributed by atoms with E-state index in [0.29, 0.717) is 30.9 Å². The molecule has 20 heavy (non-hydrogen) atoms. The highest BCUT2D eigenvalue weighted by Gasteiger charge is 2.11. The van der Waals surface area contributed by atoms with Gasteiger partial charge in [0.2, 0.25) is 5.91 Å². The lowest BCUT2D eigenvalue weighted by atomic mass is 10.1. The van der Waals surface area contributed by atoms with Crippen LogP contribution in [0.1, 0.15) is 12.6 Å².